The van der Waals surface area contributed by atoms with Gasteiger partial charge in [0.1, 0.15) is 5.60 Å². The molecule has 0 atom stereocenters. The number of likely N-dealkylation sites (tertiary alicyclic amines) is 1. The number of amides is 1. The molecule has 1 fully saturated rings. The standard InChI is InChI=1S/C25H28N2O3/c1-17-13-18(2)15-21(14-17)26-23(28)22-19(3)24(29)30-25(22)9-11-27(12-10-25)16-20-7-5-4-6-8-20/h4-8,13-15H,9-12,16H2,1-3H3,(H,26,28). The second kappa shape index (κ2) is 8.07. The fourth-order valence-electron chi connectivity index (χ4n) is 4.63. The van der Waals surface area contributed by atoms with Crippen LogP contribution in [0.1, 0.15) is 36.5 Å². The normalized spacial score (nSPS) is 18.6. The highest BCUT2D eigenvalue weighted by molar-refractivity contribution is 6.12. The van der Waals surface area contributed by atoms with Crippen LogP contribution in [0.3, 0.4) is 0 Å². The molecule has 0 unspecified atom stereocenters. The minimum absolute atomic E-state index is 0.236. The van der Waals surface area contributed by atoms with Gasteiger partial charge in [0, 0.05) is 43.7 Å². The highest BCUT2D eigenvalue weighted by Crippen LogP contribution is 2.41. The second-order valence-electron chi connectivity index (χ2n) is 8.48. The fourth-order valence-corrected chi connectivity index (χ4v) is 4.63. The van der Waals surface area contributed by atoms with Crippen LogP contribution in [0, 0.1) is 13.8 Å². The van der Waals surface area contributed by atoms with Crippen molar-refractivity contribution in [2.45, 2.75) is 45.8 Å². The van der Waals surface area contributed by atoms with Crippen LogP contribution >= 0.6 is 0 Å². The van der Waals surface area contributed by atoms with Gasteiger partial charge in [-0.3, -0.25) is 9.69 Å². The van der Waals surface area contributed by atoms with E-state index >= 15 is 0 Å². The predicted octanol–water partition coefficient (Wildman–Crippen LogP) is 4.15. The van der Waals surface area contributed by atoms with E-state index in [1.807, 2.05) is 44.2 Å². The first-order valence-electron chi connectivity index (χ1n) is 10.5. The van der Waals surface area contributed by atoms with E-state index in [4.69, 9.17) is 4.74 Å². The number of anilines is 1. The van der Waals surface area contributed by atoms with Crippen molar-refractivity contribution in [2.24, 2.45) is 0 Å². The number of benzene rings is 2. The maximum Gasteiger partial charge on any atom is 0.335 e. The van der Waals surface area contributed by atoms with Gasteiger partial charge in [-0.15, -0.1) is 0 Å². The first-order chi connectivity index (χ1) is 14.4. The van der Waals surface area contributed by atoms with E-state index in [-0.39, 0.29) is 11.9 Å². The van der Waals surface area contributed by atoms with Gasteiger partial charge in [0.2, 0.25) is 0 Å². The number of carbonyl (C=O) groups excluding carboxylic acids is 2. The van der Waals surface area contributed by atoms with Crippen LogP contribution in [0.5, 0.6) is 0 Å². The molecule has 0 bridgehead atoms. The highest BCUT2D eigenvalue weighted by atomic mass is 16.6. The number of nitrogens with zero attached hydrogens (tertiary/aromatic N) is 1. The first-order valence-corrected chi connectivity index (χ1v) is 10.5. The number of nitrogens with one attached hydrogen (secondary N) is 1. The minimum atomic E-state index is -0.822. The Morgan fingerprint density at radius 3 is 2.30 bits per heavy atom. The zero-order chi connectivity index (χ0) is 21.3. The van der Waals surface area contributed by atoms with Crippen molar-refractivity contribution in [3.63, 3.8) is 0 Å². The zero-order valence-electron chi connectivity index (χ0n) is 17.8. The van der Waals surface area contributed by atoms with Gasteiger partial charge < -0.3 is 10.1 Å². The van der Waals surface area contributed by atoms with Crippen molar-refractivity contribution < 1.29 is 14.3 Å². The third-order valence-electron chi connectivity index (χ3n) is 6.04. The van der Waals surface area contributed by atoms with E-state index < -0.39 is 5.60 Å². The molecule has 156 valence electrons. The van der Waals surface area contributed by atoms with Gasteiger partial charge in [0.05, 0.1) is 5.57 Å². The number of piperidine rings is 1. The second-order valence-corrected chi connectivity index (χ2v) is 8.48. The lowest BCUT2D eigenvalue weighted by Gasteiger charge is -2.39. The van der Waals surface area contributed by atoms with Crippen LogP contribution < -0.4 is 5.32 Å². The molecule has 2 heterocycles. The van der Waals surface area contributed by atoms with Gasteiger partial charge in [-0.05, 0) is 49.6 Å². The molecule has 0 saturated carbocycles. The number of hydrogen-bond acceptors (Lipinski definition) is 4. The molecule has 30 heavy (non-hydrogen) atoms. The van der Waals surface area contributed by atoms with Crippen LogP contribution in [0.2, 0.25) is 0 Å². The van der Waals surface area contributed by atoms with E-state index in [9.17, 15) is 9.59 Å². The van der Waals surface area contributed by atoms with Gasteiger partial charge in [0.25, 0.3) is 5.91 Å². The Morgan fingerprint density at radius 2 is 1.67 bits per heavy atom. The van der Waals surface area contributed by atoms with Crippen molar-refractivity contribution in [1.82, 2.24) is 4.90 Å². The smallest absolute Gasteiger partial charge is 0.335 e. The largest absolute Gasteiger partial charge is 0.450 e. The van der Waals surface area contributed by atoms with Gasteiger partial charge >= 0.3 is 5.97 Å². The van der Waals surface area contributed by atoms with Crippen molar-refractivity contribution in [2.75, 3.05) is 18.4 Å². The summed E-state index contributed by atoms with van der Waals surface area (Å²) in [4.78, 5) is 28.0. The summed E-state index contributed by atoms with van der Waals surface area (Å²) < 4.78 is 5.82. The molecular formula is C25H28N2O3. The number of aryl methyl sites for hydroxylation is 2. The molecule has 5 heteroatoms. The summed E-state index contributed by atoms with van der Waals surface area (Å²) in [5.74, 6) is -0.614. The number of ether oxygens (including phenoxy) is 1. The molecule has 0 radical (unpaired) electrons. The number of hydrogen-bond donors (Lipinski definition) is 1. The van der Waals surface area contributed by atoms with Crippen LogP contribution in [-0.2, 0) is 20.9 Å². The SMILES string of the molecule is CC1=C(C(=O)Nc2cc(C)cc(C)c2)C2(CCN(Cc3ccccc3)CC2)OC1=O. The lowest BCUT2D eigenvalue weighted by Crippen LogP contribution is -2.47. The molecule has 1 amide bonds. The van der Waals surface area contributed by atoms with Crippen LogP contribution in [-0.4, -0.2) is 35.5 Å². The number of carbonyl (C=O) groups is 2. The van der Waals surface area contributed by atoms with E-state index in [2.05, 4.69) is 28.4 Å². The van der Waals surface area contributed by atoms with Gasteiger partial charge in [-0.2, -0.15) is 0 Å². The molecule has 2 aliphatic rings. The Morgan fingerprint density at radius 1 is 1.03 bits per heavy atom. The molecule has 1 saturated heterocycles. The van der Waals surface area contributed by atoms with E-state index in [1.54, 1.807) is 6.92 Å². The summed E-state index contributed by atoms with van der Waals surface area (Å²) in [6.45, 7) is 8.10. The average Bonchev–Trinajstić information content (AvgIpc) is 2.93. The topological polar surface area (TPSA) is 58.6 Å². The van der Waals surface area contributed by atoms with Crippen LogP contribution in [0.25, 0.3) is 0 Å². The molecule has 5 nitrogen and oxygen atoms in total. The summed E-state index contributed by atoms with van der Waals surface area (Å²) in [5, 5.41) is 3.00. The maximum absolute atomic E-state index is 13.2. The maximum atomic E-state index is 13.2. The summed E-state index contributed by atoms with van der Waals surface area (Å²) >= 11 is 0. The monoisotopic (exact) mass is 404 g/mol. The highest BCUT2D eigenvalue weighted by Gasteiger charge is 2.50. The predicted molar refractivity (Wildman–Crippen MR) is 117 cm³/mol. The number of rotatable bonds is 4. The summed E-state index contributed by atoms with van der Waals surface area (Å²) in [5.41, 5.74) is 4.26. The molecule has 0 aliphatic carbocycles. The van der Waals surface area contributed by atoms with Crippen molar-refractivity contribution in [3.05, 3.63) is 76.4 Å². The van der Waals surface area contributed by atoms with Gasteiger partial charge in [-0.25, -0.2) is 4.79 Å². The Labute approximate surface area is 177 Å². The van der Waals surface area contributed by atoms with Crippen molar-refractivity contribution >= 4 is 17.6 Å². The lowest BCUT2D eigenvalue weighted by molar-refractivity contribution is -0.150. The Balaban J connectivity index is 1.50. The van der Waals surface area contributed by atoms with Gasteiger partial charge in [-0.1, -0.05) is 36.4 Å². The first kappa shape index (κ1) is 20.4. The van der Waals surface area contributed by atoms with E-state index in [1.165, 1.54) is 5.56 Å². The molecule has 2 aromatic carbocycles. The third-order valence-corrected chi connectivity index (χ3v) is 6.04. The summed E-state index contributed by atoms with van der Waals surface area (Å²) in [7, 11) is 0. The minimum Gasteiger partial charge on any atom is -0.450 e. The summed E-state index contributed by atoms with van der Waals surface area (Å²) in [6, 6.07) is 16.3. The Hall–Kier alpha value is -2.92. The van der Waals surface area contributed by atoms with Gasteiger partial charge in [0.15, 0.2) is 0 Å². The molecule has 4 rings (SSSR count). The van der Waals surface area contributed by atoms with E-state index in [0.29, 0.717) is 24.0 Å². The fraction of sp³-hybridized carbons (Fsp3) is 0.360. The van der Waals surface area contributed by atoms with Crippen LogP contribution in [0.15, 0.2) is 59.7 Å². The summed E-state index contributed by atoms with van der Waals surface area (Å²) in [6.07, 6.45) is 1.25. The molecule has 1 N–H and O–H groups in total. The van der Waals surface area contributed by atoms with Crippen molar-refractivity contribution in [1.29, 1.82) is 0 Å². The lowest BCUT2D eigenvalue weighted by atomic mass is 9.82. The third kappa shape index (κ3) is 4.03. The zero-order valence-corrected chi connectivity index (χ0v) is 17.8. The molecular weight excluding hydrogens is 376 g/mol. The van der Waals surface area contributed by atoms with Crippen LogP contribution in [0.4, 0.5) is 5.69 Å². The number of esters is 1. The molecule has 2 aliphatic heterocycles. The molecule has 0 aromatic heterocycles. The van der Waals surface area contributed by atoms with Crippen molar-refractivity contribution in [3.8, 4) is 0 Å². The average molecular weight is 405 g/mol. The Bertz CT molecular complexity index is 982. The molecule has 2 aromatic rings. The van der Waals surface area contributed by atoms with E-state index in [0.717, 1.165) is 36.4 Å². The molecule has 1 spiro atoms. The quantitative estimate of drug-likeness (QED) is 0.778. The Kier molecular flexibility index (Phi) is 5.48.